The summed E-state index contributed by atoms with van der Waals surface area (Å²) in [5.41, 5.74) is 0.160. The van der Waals surface area contributed by atoms with Crippen molar-refractivity contribution in [3.63, 3.8) is 0 Å². The summed E-state index contributed by atoms with van der Waals surface area (Å²) in [6, 6.07) is 2.36. The predicted molar refractivity (Wildman–Crippen MR) is 60.1 cm³/mol. The number of carboxylic acids is 1. The average Bonchev–Trinajstić information content (AvgIpc) is 2.24. The van der Waals surface area contributed by atoms with Crippen molar-refractivity contribution in [1.82, 2.24) is 5.32 Å². The lowest BCUT2D eigenvalue weighted by Crippen LogP contribution is -2.43. The molecule has 0 aliphatic rings. The van der Waals surface area contributed by atoms with Gasteiger partial charge in [-0.1, -0.05) is 0 Å². The van der Waals surface area contributed by atoms with Gasteiger partial charge in [0.1, 0.15) is 17.7 Å². The molecule has 1 rings (SSSR count). The number of nitrogens with zero attached hydrogens (tertiary/aromatic N) is 1. The molecule has 0 aromatic heterocycles. The van der Waals surface area contributed by atoms with Gasteiger partial charge in [-0.15, -0.1) is 0 Å². The summed E-state index contributed by atoms with van der Waals surface area (Å²) in [4.78, 5) is 12.2. The van der Waals surface area contributed by atoms with Gasteiger partial charge in [0.25, 0.3) is 0 Å². The fourth-order valence-electron chi connectivity index (χ4n) is 1.46. The zero-order chi connectivity index (χ0) is 13.0. The number of carboxylic acid groups (broad SMARTS) is 1. The summed E-state index contributed by atoms with van der Waals surface area (Å²) in [5.74, 6) is -2.40. The van der Waals surface area contributed by atoms with Crippen LogP contribution in [0.5, 0.6) is 0 Å². The summed E-state index contributed by atoms with van der Waals surface area (Å²) >= 11 is 0. The van der Waals surface area contributed by atoms with Crippen LogP contribution in [0.1, 0.15) is 0 Å². The molecule has 0 heterocycles. The van der Waals surface area contributed by atoms with E-state index in [2.05, 4.69) is 5.32 Å². The molecule has 17 heavy (non-hydrogen) atoms. The second-order valence-electron chi connectivity index (χ2n) is 3.66. The molecule has 0 spiro atoms. The van der Waals surface area contributed by atoms with E-state index < -0.39 is 23.6 Å². The van der Waals surface area contributed by atoms with Crippen molar-refractivity contribution in [3.05, 3.63) is 29.8 Å². The standard InChI is InChI=1S/C11H14F2N2O2/c1-14-9(11(16)17)6-15(2)10-4-3-7(12)5-8(10)13/h3-5,9,14H,6H2,1-2H3,(H,16,17). The van der Waals surface area contributed by atoms with Crippen LogP contribution in [0.2, 0.25) is 0 Å². The number of hydrogen-bond donors (Lipinski definition) is 2. The first-order valence-electron chi connectivity index (χ1n) is 5.02. The molecule has 4 nitrogen and oxygen atoms in total. The topological polar surface area (TPSA) is 52.6 Å². The fraction of sp³-hybridized carbons (Fsp3) is 0.364. The largest absolute Gasteiger partial charge is 0.480 e. The molecule has 0 saturated carbocycles. The van der Waals surface area contributed by atoms with E-state index in [-0.39, 0.29) is 12.2 Å². The van der Waals surface area contributed by atoms with Gasteiger partial charge in [0.15, 0.2) is 0 Å². The van der Waals surface area contributed by atoms with Crippen molar-refractivity contribution in [2.75, 3.05) is 25.5 Å². The number of benzene rings is 1. The van der Waals surface area contributed by atoms with E-state index in [1.54, 1.807) is 7.05 Å². The number of anilines is 1. The molecule has 6 heteroatoms. The Balaban J connectivity index is 2.82. The molecule has 0 fully saturated rings. The molecular weight excluding hydrogens is 230 g/mol. The second-order valence-corrected chi connectivity index (χ2v) is 3.66. The lowest BCUT2D eigenvalue weighted by atomic mass is 10.2. The molecule has 1 aromatic carbocycles. The van der Waals surface area contributed by atoms with E-state index in [4.69, 9.17) is 5.11 Å². The summed E-state index contributed by atoms with van der Waals surface area (Å²) in [6.07, 6.45) is 0. The van der Waals surface area contributed by atoms with Gasteiger partial charge in [-0.2, -0.15) is 0 Å². The monoisotopic (exact) mass is 244 g/mol. The average molecular weight is 244 g/mol. The lowest BCUT2D eigenvalue weighted by molar-refractivity contribution is -0.139. The summed E-state index contributed by atoms with van der Waals surface area (Å²) in [7, 11) is 3.05. The zero-order valence-electron chi connectivity index (χ0n) is 9.58. The smallest absolute Gasteiger partial charge is 0.322 e. The molecule has 0 aliphatic heterocycles. The minimum absolute atomic E-state index is 0.0778. The number of aliphatic carboxylic acids is 1. The van der Waals surface area contributed by atoms with Crippen LogP contribution >= 0.6 is 0 Å². The Morgan fingerprint density at radius 2 is 2.18 bits per heavy atom. The number of nitrogens with one attached hydrogen (secondary N) is 1. The van der Waals surface area contributed by atoms with E-state index in [1.165, 1.54) is 18.0 Å². The van der Waals surface area contributed by atoms with Crippen LogP contribution in [-0.4, -0.2) is 37.8 Å². The van der Waals surface area contributed by atoms with Crippen LogP contribution in [0, 0.1) is 11.6 Å². The summed E-state index contributed by atoms with van der Waals surface area (Å²) in [5, 5.41) is 11.4. The van der Waals surface area contributed by atoms with Gasteiger partial charge >= 0.3 is 5.97 Å². The maximum absolute atomic E-state index is 13.4. The number of halogens is 2. The first-order chi connectivity index (χ1) is 7.95. The highest BCUT2D eigenvalue weighted by Gasteiger charge is 2.18. The number of hydrogen-bond acceptors (Lipinski definition) is 3. The third-order valence-electron chi connectivity index (χ3n) is 2.42. The predicted octanol–water partition coefficient (Wildman–Crippen LogP) is 1.07. The third-order valence-corrected chi connectivity index (χ3v) is 2.42. The van der Waals surface area contributed by atoms with Crippen molar-refractivity contribution in [1.29, 1.82) is 0 Å². The van der Waals surface area contributed by atoms with Crippen LogP contribution in [-0.2, 0) is 4.79 Å². The zero-order valence-corrected chi connectivity index (χ0v) is 9.58. The molecular formula is C11H14F2N2O2. The number of rotatable bonds is 5. The highest BCUT2D eigenvalue weighted by Crippen LogP contribution is 2.18. The van der Waals surface area contributed by atoms with Gasteiger partial charge in [0.05, 0.1) is 5.69 Å². The molecule has 94 valence electrons. The van der Waals surface area contributed by atoms with E-state index in [9.17, 15) is 13.6 Å². The number of likely N-dealkylation sites (N-methyl/N-ethyl adjacent to an activating group) is 2. The molecule has 0 bridgehead atoms. The lowest BCUT2D eigenvalue weighted by Gasteiger charge is -2.23. The maximum atomic E-state index is 13.4. The van der Waals surface area contributed by atoms with Gasteiger partial charge in [0, 0.05) is 19.7 Å². The SMILES string of the molecule is CNC(CN(C)c1ccc(F)cc1F)C(=O)O. The van der Waals surface area contributed by atoms with Gasteiger partial charge in [-0.25, -0.2) is 8.78 Å². The first-order valence-corrected chi connectivity index (χ1v) is 5.02. The van der Waals surface area contributed by atoms with Gasteiger partial charge in [-0.3, -0.25) is 4.79 Å². The normalized spacial score (nSPS) is 12.2. The Morgan fingerprint density at radius 3 is 2.65 bits per heavy atom. The van der Waals surface area contributed by atoms with Crippen molar-refractivity contribution in [3.8, 4) is 0 Å². The number of carbonyl (C=O) groups is 1. The molecule has 0 saturated heterocycles. The van der Waals surface area contributed by atoms with Crippen molar-refractivity contribution in [2.45, 2.75) is 6.04 Å². The van der Waals surface area contributed by atoms with Crippen LogP contribution in [0.4, 0.5) is 14.5 Å². The first kappa shape index (κ1) is 13.4. The second kappa shape index (κ2) is 5.58. The van der Waals surface area contributed by atoms with Gasteiger partial charge < -0.3 is 15.3 Å². The highest BCUT2D eigenvalue weighted by molar-refractivity contribution is 5.74. The van der Waals surface area contributed by atoms with Crippen molar-refractivity contribution >= 4 is 11.7 Å². The van der Waals surface area contributed by atoms with E-state index >= 15 is 0 Å². The Labute approximate surface area is 97.9 Å². The van der Waals surface area contributed by atoms with Gasteiger partial charge in [0.2, 0.25) is 0 Å². The Kier molecular flexibility index (Phi) is 4.39. The summed E-state index contributed by atoms with van der Waals surface area (Å²) in [6.45, 7) is 0.0778. The minimum atomic E-state index is -1.03. The fourth-order valence-corrected chi connectivity index (χ4v) is 1.46. The molecule has 2 N–H and O–H groups in total. The molecule has 0 amide bonds. The Hall–Kier alpha value is -1.69. The molecule has 1 aromatic rings. The van der Waals surface area contributed by atoms with Crippen LogP contribution in [0.3, 0.4) is 0 Å². The minimum Gasteiger partial charge on any atom is -0.480 e. The van der Waals surface area contributed by atoms with Gasteiger partial charge in [-0.05, 0) is 19.2 Å². The van der Waals surface area contributed by atoms with Crippen molar-refractivity contribution < 1.29 is 18.7 Å². The van der Waals surface area contributed by atoms with E-state index in [1.807, 2.05) is 0 Å². The molecule has 0 radical (unpaired) electrons. The quantitative estimate of drug-likeness (QED) is 0.813. The third kappa shape index (κ3) is 3.39. The maximum Gasteiger partial charge on any atom is 0.322 e. The van der Waals surface area contributed by atoms with Crippen LogP contribution in [0.25, 0.3) is 0 Å². The van der Waals surface area contributed by atoms with E-state index in [0.29, 0.717) is 0 Å². The molecule has 1 unspecified atom stereocenters. The van der Waals surface area contributed by atoms with Crippen molar-refractivity contribution in [2.24, 2.45) is 0 Å². The van der Waals surface area contributed by atoms with Crippen LogP contribution in [0.15, 0.2) is 18.2 Å². The molecule has 0 aliphatic carbocycles. The van der Waals surface area contributed by atoms with Crippen LogP contribution < -0.4 is 10.2 Å². The Morgan fingerprint density at radius 1 is 1.53 bits per heavy atom. The Bertz CT molecular complexity index is 412. The molecule has 1 atom stereocenters. The summed E-state index contributed by atoms with van der Waals surface area (Å²) < 4.78 is 26.1. The highest BCUT2D eigenvalue weighted by atomic mass is 19.1. The van der Waals surface area contributed by atoms with E-state index in [0.717, 1.165) is 12.1 Å².